The summed E-state index contributed by atoms with van der Waals surface area (Å²) >= 11 is 0. The van der Waals surface area contributed by atoms with Crippen LogP contribution in [0, 0.1) is 0 Å². The molecule has 4 heteroatoms. The van der Waals surface area contributed by atoms with Crippen LogP contribution in [0.15, 0.2) is 60.7 Å². The van der Waals surface area contributed by atoms with E-state index in [0.717, 1.165) is 44.0 Å². The van der Waals surface area contributed by atoms with Crippen molar-refractivity contribution in [3.63, 3.8) is 0 Å². The van der Waals surface area contributed by atoms with Crippen molar-refractivity contribution in [3.8, 4) is 5.75 Å². The maximum atomic E-state index is 12.3. The molecule has 1 fully saturated rings. The van der Waals surface area contributed by atoms with Crippen molar-refractivity contribution in [1.29, 1.82) is 0 Å². The van der Waals surface area contributed by atoms with Gasteiger partial charge >= 0.3 is 0 Å². The molecule has 1 heterocycles. The highest BCUT2D eigenvalue weighted by molar-refractivity contribution is 5.91. The van der Waals surface area contributed by atoms with Crippen LogP contribution in [0.5, 0.6) is 5.75 Å². The summed E-state index contributed by atoms with van der Waals surface area (Å²) in [5.41, 5.74) is 2.29. The van der Waals surface area contributed by atoms with Crippen molar-refractivity contribution < 1.29 is 9.53 Å². The van der Waals surface area contributed by atoms with Crippen molar-refractivity contribution >= 4 is 12.0 Å². The smallest absolute Gasteiger partial charge is 0.246 e. The number of methoxy groups -OCH3 is 1. The lowest BCUT2D eigenvalue weighted by Gasteiger charge is -2.34. The Kier molecular flexibility index (Phi) is 5.86. The van der Waals surface area contributed by atoms with Gasteiger partial charge in [-0.05, 0) is 29.3 Å². The molecule has 0 unspecified atom stereocenters. The molecule has 3 rings (SSSR count). The Hall–Kier alpha value is -2.59. The normalized spacial score (nSPS) is 15.5. The Bertz CT molecular complexity index is 720. The molecule has 130 valence electrons. The van der Waals surface area contributed by atoms with Gasteiger partial charge in [-0.15, -0.1) is 0 Å². The number of ether oxygens (including phenoxy) is 1. The van der Waals surface area contributed by atoms with E-state index >= 15 is 0 Å². The predicted octanol–water partition coefficient (Wildman–Crippen LogP) is 3.05. The lowest BCUT2D eigenvalue weighted by atomic mass is 10.2. The maximum Gasteiger partial charge on any atom is 0.246 e. The number of benzene rings is 2. The number of amides is 1. The first kappa shape index (κ1) is 17.2. The van der Waals surface area contributed by atoms with Gasteiger partial charge in [0.2, 0.25) is 5.91 Å². The molecule has 0 bridgehead atoms. The molecular weight excluding hydrogens is 312 g/mol. The van der Waals surface area contributed by atoms with E-state index in [4.69, 9.17) is 4.74 Å². The molecule has 1 amide bonds. The first-order valence-electron chi connectivity index (χ1n) is 8.62. The predicted molar refractivity (Wildman–Crippen MR) is 100 cm³/mol. The summed E-state index contributed by atoms with van der Waals surface area (Å²) in [4.78, 5) is 16.6. The molecule has 0 radical (unpaired) electrons. The van der Waals surface area contributed by atoms with Crippen LogP contribution in [0.3, 0.4) is 0 Å². The second kappa shape index (κ2) is 8.49. The van der Waals surface area contributed by atoms with E-state index in [9.17, 15) is 4.79 Å². The molecule has 1 aliphatic heterocycles. The van der Waals surface area contributed by atoms with E-state index in [2.05, 4.69) is 17.0 Å². The van der Waals surface area contributed by atoms with Crippen LogP contribution in [0.4, 0.5) is 0 Å². The minimum Gasteiger partial charge on any atom is -0.497 e. The number of rotatable bonds is 5. The zero-order chi connectivity index (χ0) is 17.5. The summed E-state index contributed by atoms with van der Waals surface area (Å²) in [6.07, 6.45) is 3.55. The quantitative estimate of drug-likeness (QED) is 0.787. The largest absolute Gasteiger partial charge is 0.497 e. The van der Waals surface area contributed by atoms with Gasteiger partial charge in [-0.25, -0.2) is 0 Å². The zero-order valence-electron chi connectivity index (χ0n) is 14.6. The van der Waals surface area contributed by atoms with Crippen LogP contribution >= 0.6 is 0 Å². The monoisotopic (exact) mass is 336 g/mol. The van der Waals surface area contributed by atoms with Crippen molar-refractivity contribution in [2.75, 3.05) is 33.3 Å². The Morgan fingerprint density at radius 1 is 1.04 bits per heavy atom. The van der Waals surface area contributed by atoms with E-state index < -0.39 is 0 Å². The summed E-state index contributed by atoms with van der Waals surface area (Å²) < 4.78 is 5.28. The molecule has 1 aliphatic rings. The second-order valence-electron chi connectivity index (χ2n) is 6.20. The minimum atomic E-state index is 0.0879. The minimum absolute atomic E-state index is 0.0879. The van der Waals surface area contributed by atoms with Gasteiger partial charge < -0.3 is 9.64 Å². The lowest BCUT2D eigenvalue weighted by molar-refractivity contribution is -0.127. The molecule has 0 atom stereocenters. The number of hydrogen-bond acceptors (Lipinski definition) is 3. The zero-order valence-corrected chi connectivity index (χ0v) is 14.6. The molecule has 1 saturated heterocycles. The van der Waals surface area contributed by atoms with E-state index in [1.54, 1.807) is 13.2 Å². The number of hydrogen-bond donors (Lipinski definition) is 0. The van der Waals surface area contributed by atoms with Gasteiger partial charge in [0.15, 0.2) is 0 Å². The van der Waals surface area contributed by atoms with Crippen LogP contribution < -0.4 is 4.74 Å². The fraction of sp³-hybridized carbons (Fsp3) is 0.286. The Labute approximate surface area is 149 Å². The topological polar surface area (TPSA) is 32.8 Å². The summed E-state index contributed by atoms with van der Waals surface area (Å²) in [6.45, 7) is 4.20. The Morgan fingerprint density at radius 3 is 2.52 bits per heavy atom. The first-order valence-corrected chi connectivity index (χ1v) is 8.62. The standard InChI is InChI=1S/C21H24N2O2/c1-25-20-9-5-8-19(16-20)17-22-12-14-23(15-13-22)21(24)11-10-18-6-3-2-4-7-18/h2-11,16H,12-15,17H2,1H3. The highest BCUT2D eigenvalue weighted by atomic mass is 16.5. The maximum absolute atomic E-state index is 12.3. The fourth-order valence-corrected chi connectivity index (χ4v) is 2.99. The summed E-state index contributed by atoms with van der Waals surface area (Å²) in [5.74, 6) is 0.974. The Balaban J connectivity index is 1.49. The molecule has 0 spiro atoms. The Morgan fingerprint density at radius 2 is 1.80 bits per heavy atom. The fourth-order valence-electron chi connectivity index (χ4n) is 2.99. The molecular formula is C21H24N2O2. The van der Waals surface area contributed by atoms with Crippen LogP contribution in [0.2, 0.25) is 0 Å². The third-order valence-corrected chi connectivity index (χ3v) is 4.44. The average molecular weight is 336 g/mol. The van der Waals surface area contributed by atoms with E-state index in [0.29, 0.717) is 0 Å². The summed E-state index contributed by atoms with van der Waals surface area (Å²) in [6, 6.07) is 18.1. The first-order chi connectivity index (χ1) is 12.2. The van der Waals surface area contributed by atoms with E-state index in [-0.39, 0.29) is 5.91 Å². The van der Waals surface area contributed by atoms with Gasteiger partial charge in [-0.3, -0.25) is 9.69 Å². The van der Waals surface area contributed by atoms with Crippen molar-refractivity contribution in [2.24, 2.45) is 0 Å². The molecule has 25 heavy (non-hydrogen) atoms. The van der Waals surface area contributed by atoms with Crippen molar-refractivity contribution in [2.45, 2.75) is 6.54 Å². The van der Waals surface area contributed by atoms with Gasteiger partial charge in [-0.2, -0.15) is 0 Å². The highest BCUT2D eigenvalue weighted by Crippen LogP contribution is 2.15. The van der Waals surface area contributed by atoms with Gasteiger partial charge in [0, 0.05) is 38.8 Å². The number of carbonyl (C=O) groups excluding carboxylic acids is 1. The number of carbonyl (C=O) groups is 1. The molecule has 0 saturated carbocycles. The van der Waals surface area contributed by atoms with Crippen LogP contribution in [0.1, 0.15) is 11.1 Å². The molecule has 0 N–H and O–H groups in total. The van der Waals surface area contributed by atoms with Crippen molar-refractivity contribution in [3.05, 3.63) is 71.8 Å². The van der Waals surface area contributed by atoms with E-state index in [1.807, 2.05) is 53.4 Å². The van der Waals surface area contributed by atoms with Crippen LogP contribution in [-0.2, 0) is 11.3 Å². The highest BCUT2D eigenvalue weighted by Gasteiger charge is 2.19. The van der Waals surface area contributed by atoms with Crippen molar-refractivity contribution in [1.82, 2.24) is 9.80 Å². The lowest BCUT2D eigenvalue weighted by Crippen LogP contribution is -2.47. The third kappa shape index (κ3) is 4.94. The van der Waals surface area contributed by atoms with Gasteiger partial charge in [0.1, 0.15) is 5.75 Å². The molecule has 0 aliphatic carbocycles. The van der Waals surface area contributed by atoms with Gasteiger partial charge in [0.05, 0.1) is 7.11 Å². The van der Waals surface area contributed by atoms with Crippen LogP contribution in [-0.4, -0.2) is 49.0 Å². The summed E-state index contributed by atoms with van der Waals surface area (Å²) in [7, 11) is 1.69. The molecule has 2 aromatic rings. The molecule has 4 nitrogen and oxygen atoms in total. The number of piperazine rings is 1. The van der Waals surface area contributed by atoms with E-state index in [1.165, 1.54) is 5.56 Å². The third-order valence-electron chi connectivity index (χ3n) is 4.44. The van der Waals surface area contributed by atoms with Gasteiger partial charge in [-0.1, -0.05) is 42.5 Å². The number of nitrogens with zero attached hydrogens (tertiary/aromatic N) is 2. The molecule has 0 aromatic heterocycles. The second-order valence-corrected chi connectivity index (χ2v) is 6.20. The SMILES string of the molecule is COc1cccc(CN2CCN(C(=O)C=Cc3ccccc3)CC2)c1. The molecule has 2 aromatic carbocycles. The average Bonchev–Trinajstić information content (AvgIpc) is 2.67. The van der Waals surface area contributed by atoms with Gasteiger partial charge in [0.25, 0.3) is 0 Å². The van der Waals surface area contributed by atoms with Crippen LogP contribution in [0.25, 0.3) is 6.08 Å². The summed E-state index contributed by atoms with van der Waals surface area (Å²) in [5, 5.41) is 0.